The molecule has 0 N–H and O–H groups in total. The SMILES string of the molecule is C=Cc1ccc(OP(=O)(Oc2ccc(C=C)cc2)c2ccc(C)cc2)cc1. The average molecular weight is 376 g/mol. The van der Waals surface area contributed by atoms with E-state index in [0.29, 0.717) is 16.8 Å². The van der Waals surface area contributed by atoms with Crippen molar-refractivity contribution in [2.45, 2.75) is 6.92 Å². The third kappa shape index (κ3) is 4.58. The van der Waals surface area contributed by atoms with E-state index in [1.807, 2.05) is 43.3 Å². The maximum absolute atomic E-state index is 13.7. The molecule has 0 saturated heterocycles. The molecule has 3 rings (SSSR count). The van der Waals surface area contributed by atoms with Gasteiger partial charge in [-0.15, -0.1) is 0 Å². The van der Waals surface area contributed by atoms with Crippen molar-refractivity contribution in [2.24, 2.45) is 0 Å². The Kier molecular flexibility index (Phi) is 5.63. The molecule has 3 aromatic carbocycles. The molecule has 0 amide bonds. The molecule has 3 aromatic rings. The van der Waals surface area contributed by atoms with E-state index >= 15 is 0 Å². The molecule has 0 aliphatic carbocycles. The Morgan fingerprint density at radius 2 is 1.11 bits per heavy atom. The summed E-state index contributed by atoms with van der Waals surface area (Å²) >= 11 is 0. The number of aryl methyl sites for hydroxylation is 1. The highest BCUT2D eigenvalue weighted by molar-refractivity contribution is 7.63. The highest BCUT2D eigenvalue weighted by Gasteiger charge is 2.31. The standard InChI is InChI=1S/C23H21O3P/c1-4-19-8-12-21(13-9-19)25-27(24,23-16-6-18(3)7-17-23)26-22-14-10-20(5-2)11-15-22/h4-17H,1-2H2,3H3. The van der Waals surface area contributed by atoms with E-state index in [1.165, 1.54) is 0 Å². The highest BCUT2D eigenvalue weighted by atomic mass is 31.2. The summed E-state index contributed by atoms with van der Waals surface area (Å²) in [5.74, 6) is 0.930. The van der Waals surface area contributed by atoms with Gasteiger partial charge in [0.25, 0.3) is 0 Å². The van der Waals surface area contributed by atoms with Gasteiger partial charge >= 0.3 is 7.60 Å². The summed E-state index contributed by atoms with van der Waals surface area (Å²) in [7, 11) is -3.63. The lowest BCUT2D eigenvalue weighted by molar-refractivity contribution is 0.399. The Morgan fingerprint density at radius 3 is 1.48 bits per heavy atom. The van der Waals surface area contributed by atoms with Gasteiger partial charge < -0.3 is 9.05 Å². The number of hydrogen-bond acceptors (Lipinski definition) is 3. The molecule has 0 spiro atoms. The average Bonchev–Trinajstić information content (AvgIpc) is 2.69. The van der Waals surface area contributed by atoms with Crippen LogP contribution in [0.1, 0.15) is 16.7 Å². The predicted octanol–water partition coefficient (Wildman–Crippen LogP) is 6.26. The molecule has 0 heterocycles. The van der Waals surface area contributed by atoms with Gasteiger partial charge in [-0.2, -0.15) is 0 Å². The van der Waals surface area contributed by atoms with Crippen LogP contribution in [0, 0.1) is 6.92 Å². The fourth-order valence-electron chi connectivity index (χ4n) is 2.46. The minimum Gasteiger partial charge on any atom is -0.413 e. The molecule has 0 aliphatic heterocycles. The van der Waals surface area contributed by atoms with Gasteiger partial charge in [0.2, 0.25) is 0 Å². The van der Waals surface area contributed by atoms with Crippen molar-refractivity contribution >= 4 is 25.1 Å². The molecule has 27 heavy (non-hydrogen) atoms. The molecule has 0 aliphatic rings. The lowest BCUT2D eigenvalue weighted by atomic mass is 10.2. The van der Waals surface area contributed by atoms with Gasteiger partial charge in [0, 0.05) is 0 Å². The lowest BCUT2D eigenvalue weighted by Gasteiger charge is -2.20. The first kappa shape index (κ1) is 18.8. The molecule has 0 bridgehead atoms. The highest BCUT2D eigenvalue weighted by Crippen LogP contribution is 2.47. The molecule has 3 nitrogen and oxygen atoms in total. The first-order valence-electron chi connectivity index (χ1n) is 8.54. The first-order valence-corrected chi connectivity index (χ1v) is 10.1. The van der Waals surface area contributed by atoms with Crippen molar-refractivity contribution in [2.75, 3.05) is 0 Å². The van der Waals surface area contributed by atoms with Crippen LogP contribution in [-0.2, 0) is 4.57 Å². The van der Waals surface area contributed by atoms with Gasteiger partial charge in [0.15, 0.2) is 0 Å². The van der Waals surface area contributed by atoms with Crippen molar-refractivity contribution in [3.05, 3.63) is 103 Å². The van der Waals surface area contributed by atoms with Crippen LogP contribution in [0.25, 0.3) is 12.2 Å². The van der Waals surface area contributed by atoms with E-state index in [2.05, 4.69) is 13.2 Å². The maximum atomic E-state index is 13.7. The van der Waals surface area contributed by atoms with E-state index < -0.39 is 7.60 Å². The fraction of sp³-hybridized carbons (Fsp3) is 0.0435. The van der Waals surface area contributed by atoms with Crippen molar-refractivity contribution in [1.82, 2.24) is 0 Å². The normalized spacial score (nSPS) is 10.9. The quantitative estimate of drug-likeness (QED) is 0.457. The van der Waals surface area contributed by atoms with Gasteiger partial charge in [-0.3, -0.25) is 0 Å². The third-order valence-corrected chi connectivity index (χ3v) is 5.87. The van der Waals surface area contributed by atoms with Gasteiger partial charge in [0.05, 0.1) is 5.30 Å². The zero-order chi connectivity index (χ0) is 19.3. The molecule has 0 fully saturated rings. The second kappa shape index (κ2) is 8.11. The van der Waals surface area contributed by atoms with Crippen molar-refractivity contribution in [3.8, 4) is 11.5 Å². The molecule has 0 saturated carbocycles. The van der Waals surface area contributed by atoms with Gasteiger partial charge in [-0.1, -0.05) is 67.3 Å². The Balaban J connectivity index is 1.96. The van der Waals surface area contributed by atoms with Gasteiger partial charge in [-0.05, 0) is 54.4 Å². The Bertz CT molecular complexity index is 914. The summed E-state index contributed by atoms with van der Waals surface area (Å²) in [4.78, 5) is 0. The second-order valence-corrected chi connectivity index (χ2v) is 7.94. The largest absolute Gasteiger partial charge is 0.462 e. The van der Waals surface area contributed by atoms with Crippen molar-refractivity contribution in [1.29, 1.82) is 0 Å². The van der Waals surface area contributed by atoms with Crippen LogP contribution >= 0.6 is 7.60 Å². The zero-order valence-corrected chi connectivity index (χ0v) is 16.1. The van der Waals surface area contributed by atoms with Crippen LogP contribution < -0.4 is 14.4 Å². The van der Waals surface area contributed by atoms with E-state index in [9.17, 15) is 4.57 Å². The molecule has 0 atom stereocenters. The maximum Gasteiger partial charge on any atom is 0.462 e. The molecule has 136 valence electrons. The van der Waals surface area contributed by atoms with E-state index in [-0.39, 0.29) is 0 Å². The fourth-order valence-corrected chi connectivity index (χ4v) is 4.02. The summed E-state index contributed by atoms with van der Waals surface area (Å²) in [6.07, 6.45) is 3.47. The summed E-state index contributed by atoms with van der Waals surface area (Å²) < 4.78 is 25.4. The monoisotopic (exact) mass is 376 g/mol. The van der Waals surface area contributed by atoms with Gasteiger partial charge in [-0.25, -0.2) is 4.57 Å². The lowest BCUT2D eigenvalue weighted by Crippen LogP contribution is -2.14. The van der Waals surface area contributed by atoms with Crippen LogP contribution in [0.4, 0.5) is 0 Å². The van der Waals surface area contributed by atoms with Crippen LogP contribution in [0.2, 0.25) is 0 Å². The van der Waals surface area contributed by atoms with Crippen LogP contribution in [0.3, 0.4) is 0 Å². The predicted molar refractivity (Wildman–Crippen MR) is 113 cm³/mol. The van der Waals surface area contributed by atoms with Crippen molar-refractivity contribution < 1.29 is 13.6 Å². The Morgan fingerprint density at radius 1 is 0.704 bits per heavy atom. The molecule has 4 heteroatoms. The topological polar surface area (TPSA) is 35.5 Å². The minimum absolute atomic E-state index is 0.465. The Hall–Kier alpha value is -3.03. The van der Waals surface area contributed by atoms with Crippen LogP contribution in [0.5, 0.6) is 11.5 Å². The smallest absolute Gasteiger partial charge is 0.413 e. The number of benzene rings is 3. The molecular weight excluding hydrogens is 355 g/mol. The Labute approximate surface area is 160 Å². The van der Waals surface area contributed by atoms with E-state index in [1.54, 1.807) is 48.6 Å². The third-order valence-electron chi connectivity index (χ3n) is 4.03. The summed E-state index contributed by atoms with van der Waals surface area (Å²) in [6, 6.07) is 21.7. The van der Waals surface area contributed by atoms with Crippen LogP contribution in [0.15, 0.2) is 86.0 Å². The molecule has 0 radical (unpaired) electrons. The van der Waals surface area contributed by atoms with E-state index in [4.69, 9.17) is 9.05 Å². The van der Waals surface area contributed by atoms with Gasteiger partial charge in [0.1, 0.15) is 11.5 Å². The second-order valence-electron chi connectivity index (χ2n) is 6.06. The number of hydrogen-bond donors (Lipinski definition) is 0. The van der Waals surface area contributed by atoms with E-state index in [0.717, 1.165) is 16.7 Å². The molecule has 0 aromatic heterocycles. The minimum atomic E-state index is -3.63. The number of rotatable bonds is 7. The molecule has 0 unspecified atom stereocenters. The zero-order valence-electron chi connectivity index (χ0n) is 15.2. The summed E-state index contributed by atoms with van der Waals surface area (Å²) in [5.41, 5.74) is 2.97. The van der Waals surface area contributed by atoms with Crippen molar-refractivity contribution in [3.63, 3.8) is 0 Å². The summed E-state index contributed by atoms with van der Waals surface area (Å²) in [5, 5.41) is 0.494. The summed E-state index contributed by atoms with van der Waals surface area (Å²) in [6.45, 7) is 9.44. The van der Waals surface area contributed by atoms with Crippen LogP contribution in [-0.4, -0.2) is 0 Å². The first-order chi connectivity index (χ1) is 13.0. The molecular formula is C23H21O3P.